The van der Waals surface area contributed by atoms with Crippen LogP contribution in [0.2, 0.25) is 0 Å². The van der Waals surface area contributed by atoms with Crippen molar-refractivity contribution in [3.05, 3.63) is 0 Å². The van der Waals surface area contributed by atoms with Crippen molar-refractivity contribution in [2.45, 2.75) is 51.7 Å². The topological polar surface area (TPSA) is 29.5 Å². The Kier molecular flexibility index (Phi) is 4.02. The molecular weight excluding hydrogens is 152 g/mol. The van der Waals surface area contributed by atoms with E-state index in [4.69, 9.17) is 4.74 Å². The maximum atomic E-state index is 9.43. The molecule has 1 N–H and O–H groups in total. The lowest BCUT2D eigenvalue weighted by Crippen LogP contribution is -2.23. The Bertz CT molecular complexity index is 123. The second-order valence-corrected chi connectivity index (χ2v) is 4.09. The first-order valence-corrected chi connectivity index (χ1v) is 5.00. The van der Waals surface area contributed by atoms with Crippen molar-refractivity contribution >= 4 is 0 Å². The molecule has 0 saturated heterocycles. The zero-order valence-corrected chi connectivity index (χ0v) is 8.12. The fourth-order valence-electron chi connectivity index (χ4n) is 1.56. The minimum absolute atomic E-state index is 0.128. The second-order valence-electron chi connectivity index (χ2n) is 4.09. The summed E-state index contributed by atoms with van der Waals surface area (Å²) < 4.78 is 5.58. The Morgan fingerprint density at radius 2 is 2.17 bits per heavy atom. The fraction of sp³-hybridized carbons (Fsp3) is 1.00. The van der Waals surface area contributed by atoms with Crippen LogP contribution >= 0.6 is 0 Å². The normalized spacial score (nSPS) is 30.0. The molecule has 0 aromatic carbocycles. The molecule has 2 atom stereocenters. The summed E-state index contributed by atoms with van der Waals surface area (Å²) >= 11 is 0. The molecule has 2 unspecified atom stereocenters. The molecule has 0 aromatic rings. The van der Waals surface area contributed by atoms with Crippen molar-refractivity contribution in [2.75, 3.05) is 6.61 Å². The standard InChI is InChI=1S/C10H20O2/c1-8(2)6-7-12-10-5-3-4-9(10)11/h8-11H,3-7H2,1-2H3. The van der Waals surface area contributed by atoms with Gasteiger partial charge in [0, 0.05) is 6.61 Å². The van der Waals surface area contributed by atoms with Gasteiger partial charge in [0.1, 0.15) is 0 Å². The third kappa shape index (κ3) is 3.11. The maximum Gasteiger partial charge on any atom is 0.0833 e. The lowest BCUT2D eigenvalue weighted by molar-refractivity contribution is -0.0218. The van der Waals surface area contributed by atoms with Gasteiger partial charge in [0.25, 0.3) is 0 Å². The van der Waals surface area contributed by atoms with Crippen LogP contribution in [0.5, 0.6) is 0 Å². The number of aliphatic hydroxyl groups is 1. The van der Waals surface area contributed by atoms with Gasteiger partial charge in [-0.1, -0.05) is 13.8 Å². The molecule has 0 aromatic heterocycles. The highest BCUT2D eigenvalue weighted by Crippen LogP contribution is 2.22. The number of rotatable bonds is 4. The number of hydrogen-bond donors (Lipinski definition) is 1. The summed E-state index contributed by atoms with van der Waals surface area (Å²) in [5, 5.41) is 9.43. The SMILES string of the molecule is CC(C)CCOC1CCCC1O. The molecule has 2 nitrogen and oxygen atoms in total. The highest BCUT2D eigenvalue weighted by Gasteiger charge is 2.25. The van der Waals surface area contributed by atoms with Gasteiger partial charge in [0.2, 0.25) is 0 Å². The average Bonchev–Trinajstić information content (AvgIpc) is 2.36. The molecule has 2 heteroatoms. The van der Waals surface area contributed by atoms with E-state index in [1.54, 1.807) is 0 Å². The van der Waals surface area contributed by atoms with E-state index in [0.717, 1.165) is 32.3 Å². The van der Waals surface area contributed by atoms with Crippen LogP contribution in [0.1, 0.15) is 39.5 Å². The summed E-state index contributed by atoms with van der Waals surface area (Å²) in [6.07, 6.45) is 4.11. The Hall–Kier alpha value is -0.0800. The molecule has 1 rings (SSSR count). The summed E-state index contributed by atoms with van der Waals surface area (Å²) in [7, 11) is 0. The van der Waals surface area contributed by atoms with Gasteiger partial charge in [-0.15, -0.1) is 0 Å². The first kappa shape index (κ1) is 10.0. The minimum Gasteiger partial charge on any atom is -0.390 e. The molecule has 0 heterocycles. The lowest BCUT2D eigenvalue weighted by Gasteiger charge is -2.16. The van der Waals surface area contributed by atoms with E-state index in [2.05, 4.69) is 13.8 Å². The van der Waals surface area contributed by atoms with Gasteiger partial charge in [-0.25, -0.2) is 0 Å². The van der Waals surface area contributed by atoms with Gasteiger partial charge in [-0.3, -0.25) is 0 Å². The second kappa shape index (κ2) is 4.83. The summed E-state index contributed by atoms with van der Waals surface area (Å²) in [6.45, 7) is 5.18. The van der Waals surface area contributed by atoms with Crippen LogP contribution in [0.4, 0.5) is 0 Å². The van der Waals surface area contributed by atoms with Crippen LogP contribution < -0.4 is 0 Å². The van der Waals surface area contributed by atoms with E-state index in [9.17, 15) is 5.11 Å². The minimum atomic E-state index is -0.197. The van der Waals surface area contributed by atoms with Crippen molar-refractivity contribution in [1.82, 2.24) is 0 Å². The van der Waals surface area contributed by atoms with Gasteiger partial charge in [0.15, 0.2) is 0 Å². The van der Waals surface area contributed by atoms with Crippen molar-refractivity contribution in [3.63, 3.8) is 0 Å². The number of ether oxygens (including phenoxy) is 1. The van der Waals surface area contributed by atoms with Crippen LogP contribution in [0.3, 0.4) is 0 Å². The Morgan fingerprint density at radius 1 is 1.42 bits per heavy atom. The van der Waals surface area contributed by atoms with E-state index in [-0.39, 0.29) is 12.2 Å². The first-order valence-electron chi connectivity index (χ1n) is 5.00. The van der Waals surface area contributed by atoms with Crippen LogP contribution in [0, 0.1) is 5.92 Å². The molecule has 0 bridgehead atoms. The molecule has 0 amide bonds. The van der Waals surface area contributed by atoms with Crippen molar-refractivity contribution in [1.29, 1.82) is 0 Å². The molecule has 1 aliphatic carbocycles. The predicted molar refractivity (Wildman–Crippen MR) is 49.1 cm³/mol. The van der Waals surface area contributed by atoms with E-state index >= 15 is 0 Å². The third-order valence-electron chi connectivity index (χ3n) is 2.44. The molecule has 0 radical (unpaired) electrons. The van der Waals surface area contributed by atoms with Crippen LogP contribution in [-0.4, -0.2) is 23.9 Å². The third-order valence-corrected chi connectivity index (χ3v) is 2.44. The van der Waals surface area contributed by atoms with Gasteiger partial charge >= 0.3 is 0 Å². The van der Waals surface area contributed by atoms with Gasteiger partial charge in [-0.2, -0.15) is 0 Å². The van der Waals surface area contributed by atoms with E-state index < -0.39 is 0 Å². The zero-order valence-electron chi connectivity index (χ0n) is 8.12. The van der Waals surface area contributed by atoms with Gasteiger partial charge in [0.05, 0.1) is 12.2 Å². The molecular formula is C10H20O2. The molecule has 0 spiro atoms. The predicted octanol–water partition coefficient (Wildman–Crippen LogP) is 1.96. The first-order chi connectivity index (χ1) is 5.70. The average molecular weight is 172 g/mol. The van der Waals surface area contributed by atoms with E-state index in [0.29, 0.717) is 5.92 Å². The zero-order chi connectivity index (χ0) is 8.97. The lowest BCUT2D eigenvalue weighted by atomic mass is 10.1. The van der Waals surface area contributed by atoms with Gasteiger partial charge < -0.3 is 9.84 Å². The summed E-state index contributed by atoms with van der Waals surface area (Å²) in [5.41, 5.74) is 0. The fourth-order valence-corrected chi connectivity index (χ4v) is 1.56. The summed E-state index contributed by atoms with van der Waals surface area (Å²) in [4.78, 5) is 0. The number of hydrogen-bond acceptors (Lipinski definition) is 2. The Morgan fingerprint density at radius 3 is 2.67 bits per heavy atom. The Balaban J connectivity index is 2.06. The summed E-state index contributed by atoms with van der Waals surface area (Å²) in [6, 6.07) is 0. The smallest absolute Gasteiger partial charge is 0.0833 e. The van der Waals surface area contributed by atoms with Crippen molar-refractivity contribution in [2.24, 2.45) is 5.92 Å². The monoisotopic (exact) mass is 172 g/mol. The molecule has 1 saturated carbocycles. The molecule has 0 aliphatic heterocycles. The van der Waals surface area contributed by atoms with Crippen molar-refractivity contribution in [3.8, 4) is 0 Å². The van der Waals surface area contributed by atoms with Crippen LogP contribution in [0.25, 0.3) is 0 Å². The largest absolute Gasteiger partial charge is 0.390 e. The quantitative estimate of drug-likeness (QED) is 0.702. The van der Waals surface area contributed by atoms with Crippen LogP contribution in [-0.2, 0) is 4.74 Å². The summed E-state index contributed by atoms with van der Waals surface area (Å²) in [5.74, 6) is 0.698. The van der Waals surface area contributed by atoms with Gasteiger partial charge in [-0.05, 0) is 31.6 Å². The van der Waals surface area contributed by atoms with Crippen LogP contribution in [0.15, 0.2) is 0 Å². The molecule has 12 heavy (non-hydrogen) atoms. The highest BCUT2D eigenvalue weighted by molar-refractivity contribution is 4.76. The van der Waals surface area contributed by atoms with Crippen molar-refractivity contribution < 1.29 is 9.84 Å². The molecule has 1 aliphatic rings. The Labute approximate surface area is 74.9 Å². The highest BCUT2D eigenvalue weighted by atomic mass is 16.5. The number of aliphatic hydroxyl groups excluding tert-OH is 1. The molecule has 1 fully saturated rings. The molecule has 72 valence electrons. The maximum absolute atomic E-state index is 9.43. The van der Waals surface area contributed by atoms with E-state index in [1.165, 1.54) is 0 Å². The van der Waals surface area contributed by atoms with E-state index in [1.807, 2.05) is 0 Å².